The zero-order valence-corrected chi connectivity index (χ0v) is 12.8. The zero-order valence-electron chi connectivity index (χ0n) is 11.2. The first-order chi connectivity index (χ1) is 9.16. The van der Waals surface area contributed by atoms with Crippen molar-refractivity contribution in [3.05, 3.63) is 28.0 Å². The second-order valence-electron chi connectivity index (χ2n) is 5.10. The van der Waals surface area contributed by atoms with Gasteiger partial charge in [-0.1, -0.05) is 23.2 Å². The number of nitrogens with zero attached hydrogens (tertiary/aromatic N) is 2. The summed E-state index contributed by atoms with van der Waals surface area (Å²) in [7, 11) is 2.08. The van der Waals surface area contributed by atoms with Crippen LogP contribution in [0.5, 0.6) is 0 Å². The third kappa shape index (κ3) is 4.60. The van der Waals surface area contributed by atoms with Crippen LogP contribution in [0.25, 0.3) is 0 Å². The molecular formula is C14H20Cl2N2O. The summed E-state index contributed by atoms with van der Waals surface area (Å²) in [6.45, 7) is 2.64. The van der Waals surface area contributed by atoms with E-state index in [-0.39, 0.29) is 0 Å². The fourth-order valence-electron chi connectivity index (χ4n) is 2.34. The molecule has 0 aromatic carbocycles. The van der Waals surface area contributed by atoms with E-state index in [1.165, 1.54) is 19.3 Å². The van der Waals surface area contributed by atoms with E-state index < -0.39 is 0 Å². The van der Waals surface area contributed by atoms with Gasteiger partial charge in [0.05, 0.1) is 16.1 Å². The molecule has 1 unspecified atom stereocenters. The maximum atomic E-state index is 6.12. The molecule has 1 aliphatic rings. The van der Waals surface area contributed by atoms with E-state index in [9.17, 15) is 0 Å². The first-order valence-electron chi connectivity index (χ1n) is 6.75. The number of ether oxygens (including phenoxy) is 1. The Kier molecular flexibility index (Phi) is 5.89. The Bertz CT molecular complexity index is 388. The van der Waals surface area contributed by atoms with Gasteiger partial charge < -0.3 is 9.64 Å². The number of halogens is 2. The van der Waals surface area contributed by atoms with Crippen molar-refractivity contribution in [1.82, 2.24) is 9.88 Å². The average Bonchev–Trinajstić information content (AvgIpc) is 2.42. The van der Waals surface area contributed by atoms with Gasteiger partial charge in [0.15, 0.2) is 0 Å². The van der Waals surface area contributed by atoms with Crippen molar-refractivity contribution in [3.8, 4) is 0 Å². The van der Waals surface area contributed by atoms with Crippen LogP contribution in [0.3, 0.4) is 0 Å². The Labute approximate surface area is 124 Å². The quantitative estimate of drug-likeness (QED) is 0.828. The summed E-state index contributed by atoms with van der Waals surface area (Å²) in [6.07, 6.45) is 8.44. The summed E-state index contributed by atoms with van der Waals surface area (Å²) < 4.78 is 5.74. The normalized spacial score (nSPS) is 19.9. The lowest BCUT2D eigenvalue weighted by atomic mass is 10.1. The van der Waals surface area contributed by atoms with E-state index in [2.05, 4.69) is 16.9 Å². The molecule has 1 atom stereocenters. The molecule has 2 rings (SSSR count). The van der Waals surface area contributed by atoms with E-state index in [1.807, 2.05) is 0 Å². The Hall–Kier alpha value is -0.350. The summed E-state index contributed by atoms with van der Waals surface area (Å²) >= 11 is 12.2. The minimum absolute atomic E-state index is 0.416. The molecule has 2 heterocycles. The fraction of sp³-hybridized carbons (Fsp3) is 0.643. The highest BCUT2D eigenvalue weighted by atomic mass is 35.5. The fourth-order valence-corrected chi connectivity index (χ4v) is 2.82. The SMILES string of the molecule is CN(CCC1CCCCO1)Cc1c(Cl)cncc1Cl. The summed E-state index contributed by atoms with van der Waals surface area (Å²) in [5.74, 6) is 0. The number of aromatic nitrogens is 1. The highest BCUT2D eigenvalue weighted by molar-refractivity contribution is 6.35. The first kappa shape index (κ1) is 15.0. The van der Waals surface area contributed by atoms with Gasteiger partial charge in [0.25, 0.3) is 0 Å². The highest BCUT2D eigenvalue weighted by Crippen LogP contribution is 2.24. The molecule has 3 nitrogen and oxygen atoms in total. The topological polar surface area (TPSA) is 25.4 Å². The maximum Gasteiger partial charge on any atom is 0.0649 e. The third-order valence-corrected chi connectivity index (χ3v) is 4.14. The average molecular weight is 303 g/mol. The van der Waals surface area contributed by atoms with Gasteiger partial charge in [0, 0.05) is 37.7 Å². The zero-order chi connectivity index (χ0) is 13.7. The van der Waals surface area contributed by atoms with Gasteiger partial charge in [-0.25, -0.2) is 0 Å². The molecule has 0 saturated carbocycles. The molecule has 1 saturated heterocycles. The number of hydrogen-bond acceptors (Lipinski definition) is 3. The van der Waals surface area contributed by atoms with Gasteiger partial charge in [-0.05, 0) is 32.7 Å². The Balaban J connectivity index is 1.82. The van der Waals surface area contributed by atoms with Crippen molar-refractivity contribution in [3.63, 3.8) is 0 Å². The van der Waals surface area contributed by atoms with E-state index in [4.69, 9.17) is 27.9 Å². The van der Waals surface area contributed by atoms with Crippen LogP contribution >= 0.6 is 23.2 Å². The van der Waals surface area contributed by atoms with Gasteiger partial charge in [0.1, 0.15) is 0 Å². The van der Waals surface area contributed by atoms with E-state index in [0.717, 1.165) is 31.7 Å². The molecule has 5 heteroatoms. The number of rotatable bonds is 5. The molecule has 1 aliphatic heterocycles. The van der Waals surface area contributed by atoms with Crippen molar-refractivity contribution in [1.29, 1.82) is 0 Å². The standard InChI is InChI=1S/C14H20Cl2N2O/c1-18(6-5-11-4-2-3-7-19-11)10-12-13(15)8-17-9-14(12)16/h8-9,11H,2-7,10H2,1H3. The molecule has 0 aliphatic carbocycles. The van der Waals surface area contributed by atoms with Crippen LogP contribution in [-0.2, 0) is 11.3 Å². The van der Waals surface area contributed by atoms with Crippen molar-refractivity contribution in [2.45, 2.75) is 38.3 Å². The Morgan fingerprint density at radius 3 is 2.68 bits per heavy atom. The molecular weight excluding hydrogens is 283 g/mol. The third-order valence-electron chi connectivity index (χ3n) is 3.49. The van der Waals surface area contributed by atoms with Crippen LogP contribution in [-0.4, -0.2) is 36.2 Å². The molecule has 1 aromatic heterocycles. The predicted molar refractivity (Wildman–Crippen MR) is 78.8 cm³/mol. The molecule has 0 bridgehead atoms. The second-order valence-corrected chi connectivity index (χ2v) is 5.91. The van der Waals surface area contributed by atoms with Gasteiger partial charge in [-0.2, -0.15) is 0 Å². The first-order valence-corrected chi connectivity index (χ1v) is 7.50. The minimum atomic E-state index is 0.416. The van der Waals surface area contributed by atoms with Gasteiger partial charge >= 0.3 is 0 Å². The molecule has 0 radical (unpaired) electrons. The van der Waals surface area contributed by atoms with E-state index in [1.54, 1.807) is 12.4 Å². The van der Waals surface area contributed by atoms with Crippen LogP contribution < -0.4 is 0 Å². The van der Waals surface area contributed by atoms with Crippen LogP contribution in [0, 0.1) is 0 Å². The summed E-state index contributed by atoms with van der Waals surface area (Å²) in [5, 5.41) is 1.27. The van der Waals surface area contributed by atoms with Crippen LogP contribution in [0.1, 0.15) is 31.2 Å². The van der Waals surface area contributed by atoms with Gasteiger partial charge in [-0.3, -0.25) is 4.98 Å². The lowest BCUT2D eigenvalue weighted by Crippen LogP contribution is -2.27. The van der Waals surface area contributed by atoms with E-state index in [0.29, 0.717) is 16.1 Å². The van der Waals surface area contributed by atoms with Crippen molar-refractivity contribution >= 4 is 23.2 Å². The van der Waals surface area contributed by atoms with Crippen molar-refractivity contribution < 1.29 is 4.74 Å². The summed E-state index contributed by atoms with van der Waals surface area (Å²) in [5.41, 5.74) is 0.949. The lowest BCUT2D eigenvalue weighted by Gasteiger charge is -2.25. The molecule has 1 aromatic rings. The maximum absolute atomic E-state index is 6.12. The molecule has 1 fully saturated rings. The van der Waals surface area contributed by atoms with Gasteiger partial charge in [0.2, 0.25) is 0 Å². The largest absolute Gasteiger partial charge is 0.378 e. The monoisotopic (exact) mass is 302 g/mol. The molecule has 19 heavy (non-hydrogen) atoms. The Morgan fingerprint density at radius 2 is 2.05 bits per heavy atom. The van der Waals surface area contributed by atoms with Crippen molar-refractivity contribution in [2.24, 2.45) is 0 Å². The van der Waals surface area contributed by atoms with Crippen LogP contribution in [0.2, 0.25) is 10.0 Å². The van der Waals surface area contributed by atoms with Crippen molar-refractivity contribution in [2.75, 3.05) is 20.2 Å². The second kappa shape index (κ2) is 7.44. The summed E-state index contributed by atoms with van der Waals surface area (Å²) in [6, 6.07) is 0. The molecule has 0 N–H and O–H groups in total. The lowest BCUT2D eigenvalue weighted by molar-refractivity contribution is 0.00641. The predicted octanol–water partition coefficient (Wildman–Crippen LogP) is 3.78. The summed E-state index contributed by atoms with van der Waals surface area (Å²) in [4.78, 5) is 6.20. The molecule has 0 amide bonds. The molecule has 0 spiro atoms. The van der Waals surface area contributed by atoms with Gasteiger partial charge in [-0.15, -0.1) is 0 Å². The van der Waals surface area contributed by atoms with Crippen LogP contribution in [0.15, 0.2) is 12.4 Å². The Morgan fingerprint density at radius 1 is 1.32 bits per heavy atom. The smallest absolute Gasteiger partial charge is 0.0649 e. The van der Waals surface area contributed by atoms with E-state index >= 15 is 0 Å². The number of pyridine rings is 1. The number of hydrogen-bond donors (Lipinski definition) is 0. The van der Waals surface area contributed by atoms with Crippen LogP contribution in [0.4, 0.5) is 0 Å². The minimum Gasteiger partial charge on any atom is -0.378 e. The highest BCUT2D eigenvalue weighted by Gasteiger charge is 2.15. The molecule has 106 valence electrons.